The number of carbonyl (C=O) groups is 2. The number of nitrogens with one attached hydrogen (secondary N) is 3. The molecule has 2 amide bonds. The molecule has 4 rings (SSSR count). The fourth-order valence-electron chi connectivity index (χ4n) is 3.13. The molecule has 0 spiro atoms. The minimum atomic E-state index is -0.590. The van der Waals surface area contributed by atoms with E-state index >= 15 is 0 Å². The van der Waals surface area contributed by atoms with Crippen LogP contribution in [0.1, 0.15) is 29.5 Å². The van der Waals surface area contributed by atoms with Gasteiger partial charge in [-0.3, -0.25) is 14.8 Å². The molecule has 6 heteroatoms. The van der Waals surface area contributed by atoms with Crippen LogP contribution in [0.25, 0.3) is 28.6 Å². The highest BCUT2D eigenvalue weighted by Gasteiger charge is 2.26. The van der Waals surface area contributed by atoms with Crippen molar-refractivity contribution in [2.75, 3.05) is 0 Å². The van der Waals surface area contributed by atoms with Crippen molar-refractivity contribution in [2.45, 2.75) is 18.9 Å². The number of hydrogen-bond donors (Lipinski definition) is 4. The number of carbonyl (C=O) groups excluding carboxylic acids is 2. The monoisotopic (exact) mass is 387 g/mol. The number of benzene rings is 2. The number of para-hydroxylation sites is 1. The average Bonchev–Trinajstić information content (AvgIpc) is 3.46. The highest BCUT2D eigenvalue weighted by molar-refractivity contribution is 6.27. The minimum absolute atomic E-state index is 0.0826. The van der Waals surface area contributed by atoms with Crippen molar-refractivity contribution < 1.29 is 14.8 Å². The number of amides is 2. The molecule has 0 radical (unpaired) electrons. The van der Waals surface area contributed by atoms with Gasteiger partial charge in [-0.05, 0) is 42.2 Å². The van der Waals surface area contributed by atoms with Gasteiger partial charge in [0.1, 0.15) is 0 Å². The number of fused-ring (bicyclic) bond motifs is 1. The molecule has 29 heavy (non-hydrogen) atoms. The van der Waals surface area contributed by atoms with Crippen LogP contribution in [-0.4, -0.2) is 28.0 Å². The topological polar surface area (TPSA) is 94.2 Å². The third kappa shape index (κ3) is 4.44. The summed E-state index contributed by atoms with van der Waals surface area (Å²) in [6, 6.07) is 15.6. The molecule has 146 valence electrons. The van der Waals surface area contributed by atoms with Crippen LogP contribution in [-0.2, 0) is 9.59 Å². The normalized spacial score (nSPS) is 14.3. The Kier molecular flexibility index (Phi) is 5.27. The molecule has 0 unspecified atom stereocenters. The van der Waals surface area contributed by atoms with Crippen molar-refractivity contribution >= 4 is 40.4 Å². The van der Waals surface area contributed by atoms with Crippen LogP contribution in [0, 0.1) is 0 Å². The predicted molar refractivity (Wildman–Crippen MR) is 113 cm³/mol. The maximum Gasteiger partial charge on any atom is 0.267 e. The molecule has 6 nitrogen and oxygen atoms in total. The van der Waals surface area contributed by atoms with E-state index < -0.39 is 5.91 Å². The van der Waals surface area contributed by atoms with Gasteiger partial charge in [-0.25, -0.2) is 5.48 Å². The van der Waals surface area contributed by atoms with Crippen molar-refractivity contribution in [1.82, 2.24) is 15.8 Å². The molecule has 0 saturated heterocycles. The Morgan fingerprint density at radius 2 is 1.76 bits per heavy atom. The van der Waals surface area contributed by atoms with Gasteiger partial charge in [0, 0.05) is 40.4 Å². The van der Waals surface area contributed by atoms with Gasteiger partial charge in [0.25, 0.3) is 11.8 Å². The quantitative estimate of drug-likeness (QED) is 0.296. The molecule has 1 heterocycles. The zero-order valence-corrected chi connectivity index (χ0v) is 15.7. The molecule has 0 aliphatic heterocycles. The molecule has 0 bridgehead atoms. The van der Waals surface area contributed by atoms with Gasteiger partial charge in [0.05, 0.1) is 0 Å². The summed E-state index contributed by atoms with van der Waals surface area (Å²) in [5.41, 5.74) is 5.69. The smallest absolute Gasteiger partial charge is 0.267 e. The highest BCUT2D eigenvalue weighted by Crippen LogP contribution is 2.28. The van der Waals surface area contributed by atoms with Gasteiger partial charge >= 0.3 is 0 Å². The Bertz CT molecular complexity index is 1110. The van der Waals surface area contributed by atoms with Crippen molar-refractivity contribution in [3.8, 4) is 0 Å². The Morgan fingerprint density at radius 3 is 2.48 bits per heavy atom. The van der Waals surface area contributed by atoms with E-state index in [1.165, 1.54) is 6.08 Å². The van der Waals surface area contributed by atoms with Gasteiger partial charge < -0.3 is 10.3 Å². The molecule has 4 N–H and O–H groups in total. The molecule has 1 aromatic heterocycles. The minimum Gasteiger partial charge on any atom is -0.361 e. The number of rotatable bonds is 6. The summed E-state index contributed by atoms with van der Waals surface area (Å²) in [6.45, 7) is 0. The second-order valence-corrected chi connectivity index (χ2v) is 7.03. The van der Waals surface area contributed by atoms with E-state index in [0.717, 1.165) is 40.4 Å². The first-order valence-electron chi connectivity index (χ1n) is 9.45. The van der Waals surface area contributed by atoms with E-state index in [1.54, 1.807) is 11.6 Å². The standard InChI is InChI=1S/C23H21N3O3/c27-22(26-29)12-9-15-5-7-16(8-6-15)13-19(23(28)25-17-10-11-17)20-14-24-21-4-2-1-3-18(20)21/h1-9,12-14,17,24,29H,10-11H2,(H,25,28)(H,26,27)/b12-9+,19-13+. The first-order valence-corrected chi connectivity index (χ1v) is 9.45. The zero-order valence-electron chi connectivity index (χ0n) is 15.7. The number of H-pyrrole nitrogens is 1. The van der Waals surface area contributed by atoms with E-state index in [-0.39, 0.29) is 11.9 Å². The van der Waals surface area contributed by atoms with E-state index in [1.807, 2.05) is 60.8 Å². The number of hydrogen-bond acceptors (Lipinski definition) is 3. The third-order valence-corrected chi connectivity index (χ3v) is 4.82. The molecule has 1 saturated carbocycles. The second-order valence-electron chi connectivity index (χ2n) is 7.03. The Hall–Kier alpha value is -3.64. The molecule has 1 fully saturated rings. The van der Waals surface area contributed by atoms with Crippen LogP contribution in [0.15, 0.2) is 60.8 Å². The lowest BCUT2D eigenvalue weighted by Crippen LogP contribution is -2.26. The van der Waals surface area contributed by atoms with Gasteiger partial charge in [0.15, 0.2) is 0 Å². The Balaban J connectivity index is 1.67. The Morgan fingerprint density at radius 1 is 1.03 bits per heavy atom. The Labute approximate surface area is 167 Å². The number of aromatic amines is 1. The summed E-state index contributed by atoms with van der Waals surface area (Å²) in [4.78, 5) is 27.3. The van der Waals surface area contributed by atoms with Crippen LogP contribution >= 0.6 is 0 Å². The van der Waals surface area contributed by atoms with Gasteiger partial charge in [-0.15, -0.1) is 0 Å². The van der Waals surface area contributed by atoms with Crippen molar-refractivity contribution in [3.63, 3.8) is 0 Å². The summed E-state index contributed by atoms with van der Waals surface area (Å²) in [7, 11) is 0. The lowest BCUT2D eigenvalue weighted by molar-refractivity contribution is -0.124. The first-order chi connectivity index (χ1) is 14.1. The molecule has 2 aromatic carbocycles. The van der Waals surface area contributed by atoms with Crippen LogP contribution in [0.2, 0.25) is 0 Å². The fraction of sp³-hybridized carbons (Fsp3) is 0.130. The van der Waals surface area contributed by atoms with Gasteiger partial charge in [0.2, 0.25) is 0 Å². The highest BCUT2D eigenvalue weighted by atomic mass is 16.5. The SMILES string of the molecule is O=C(/C=C/c1ccc(/C=C(/C(=O)NC2CC2)c2c[nH]c3ccccc23)cc1)NO. The van der Waals surface area contributed by atoms with Gasteiger partial charge in [-0.1, -0.05) is 42.5 Å². The lowest BCUT2D eigenvalue weighted by Gasteiger charge is -2.08. The molecule has 3 aromatic rings. The average molecular weight is 387 g/mol. The third-order valence-electron chi connectivity index (χ3n) is 4.82. The summed E-state index contributed by atoms with van der Waals surface area (Å²) in [5, 5.41) is 12.6. The van der Waals surface area contributed by atoms with Crippen molar-refractivity contribution in [1.29, 1.82) is 0 Å². The molecular formula is C23H21N3O3. The fourth-order valence-corrected chi connectivity index (χ4v) is 3.13. The van der Waals surface area contributed by atoms with Crippen LogP contribution in [0.5, 0.6) is 0 Å². The predicted octanol–water partition coefficient (Wildman–Crippen LogP) is 3.51. The van der Waals surface area contributed by atoms with Crippen molar-refractivity contribution in [3.05, 3.63) is 77.5 Å². The molecule has 0 atom stereocenters. The van der Waals surface area contributed by atoms with Gasteiger partial charge in [-0.2, -0.15) is 0 Å². The number of aromatic nitrogens is 1. The molecule has 1 aliphatic rings. The van der Waals surface area contributed by atoms with Crippen LogP contribution in [0.4, 0.5) is 0 Å². The maximum atomic E-state index is 12.9. The largest absolute Gasteiger partial charge is 0.361 e. The van der Waals surface area contributed by atoms with Crippen molar-refractivity contribution in [2.24, 2.45) is 0 Å². The summed E-state index contributed by atoms with van der Waals surface area (Å²) < 4.78 is 0. The number of hydroxylamine groups is 1. The summed E-state index contributed by atoms with van der Waals surface area (Å²) >= 11 is 0. The first kappa shape index (κ1) is 18.7. The summed E-state index contributed by atoms with van der Waals surface area (Å²) in [5.74, 6) is -0.673. The van der Waals surface area contributed by atoms with E-state index in [4.69, 9.17) is 5.21 Å². The van der Waals surface area contributed by atoms with Crippen LogP contribution in [0.3, 0.4) is 0 Å². The van der Waals surface area contributed by atoms with E-state index in [2.05, 4.69) is 10.3 Å². The summed E-state index contributed by atoms with van der Waals surface area (Å²) in [6.07, 6.45) is 8.63. The van der Waals surface area contributed by atoms with E-state index in [0.29, 0.717) is 5.57 Å². The lowest BCUT2D eigenvalue weighted by atomic mass is 10.0. The molecular weight excluding hydrogens is 366 g/mol. The zero-order chi connectivity index (χ0) is 20.2. The molecule has 1 aliphatic carbocycles. The second kappa shape index (κ2) is 8.16. The maximum absolute atomic E-state index is 12.9. The van der Waals surface area contributed by atoms with Crippen LogP contribution < -0.4 is 10.8 Å². The van der Waals surface area contributed by atoms with E-state index in [9.17, 15) is 9.59 Å².